The highest BCUT2D eigenvalue weighted by atomic mass is 16.4. The number of rotatable bonds is 4. The molecule has 3 N–H and O–H groups in total. The summed E-state index contributed by atoms with van der Waals surface area (Å²) < 4.78 is 1.39. The number of carbonyl (C=O) groups excluding carboxylic acids is 1. The Balaban J connectivity index is 2.14. The lowest BCUT2D eigenvalue weighted by atomic mass is 10.3. The number of carboxylic acid groups (broad SMARTS) is 1. The number of nitrogens with one attached hydrogen (secondary N) is 1. The van der Waals surface area contributed by atoms with Crippen molar-refractivity contribution in [2.24, 2.45) is 0 Å². The van der Waals surface area contributed by atoms with Gasteiger partial charge in [0.2, 0.25) is 5.82 Å². The van der Waals surface area contributed by atoms with Crippen LogP contribution >= 0.6 is 0 Å². The molecule has 2 rings (SSSR count). The number of amides is 1. The Kier molecular flexibility index (Phi) is 3.38. The summed E-state index contributed by atoms with van der Waals surface area (Å²) in [7, 11) is 0. The topological polar surface area (TPSA) is 130 Å². The number of aliphatic carboxylic acids is 1. The Hall–Kier alpha value is -2.55. The first-order valence-corrected chi connectivity index (χ1v) is 5.36. The van der Waals surface area contributed by atoms with E-state index in [0.717, 1.165) is 5.69 Å². The van der Waals surface area contributed by atoms with Crippen LogP contribution in [0, 0.1) is 6.92 Å². The predicted molar refractivity (Wildman–Crippen MR) is 61.5 cm³/mol. The molecule has 2 aromatic heterocycles. The second-order valence-electron chi connectivity index (χ2n) is 3.80. The molecular weight excluding hydrogens is 254 g/mol. The Morgan fingerprint density at radius 2 is 2.26 bits per heavy atom. The number of hydrogen-bond donors (Lipinski definition) is 3. The summed E-state index contributed by atoms with van der Waals surface area (Å²) in [4.78, 5) is 29.9. The lowest BCUT2D eigenvalue weighted by Crippen LogP contribution is -2.36. The molecule has 0 bridgehead atoms. The lowest BCUT2D eigenvalue weighted by molar-refractivity contribution is -0.146. The molecule has 1 atom stereocenters. The number of aliphatic hydroxyl groups excluding tert-OH is 1. The maximum atomic E-state index is 11.7. The molecule has 0 aliphatic heterocycles. The number of hydrogen-bond acceptors (Lipinski definition) is 6. The first-order chi connectivity index (χ1) is 8.99. The molecule has 9 nitrogen and oxygen atoms in total. The highest BCUT2D eigenvalue weighted by Gasteiger charge is 2.18. The number of carboxylic acids is 1. The van der Waals surface area contributed by atoms with Gasteiger partial charge in [-0.2, -0.15) is 4.98 Å². The number of aliphatic hydroxyl groups is 1. The maximum Gasteiger partial charge on any atom is 0.334 e. The van der Waals surface area contributed by atoms with E-state index in [0.29, 0.717) is 0 Å². The molecule has 1 unspecified atom stereocenters. The van der Waals surface area contributed by atoms with Gasteiger partial charge in [-0.15, -0.1) is 5.10 Å². The molecule has 100 valence electrons. The van der Waals surface area contributed by atoms with Gasteiger partial charge in [0.1, 0.15) is 0 Å². The van der Waals surface area contributed by atoms with Crippen molar-refractivity contribution in [3.05, 3.63) is 23.8 Å². The molecule has 0 radical (unpaired) electrons. The summed E-state index contributed by atoms with van der Waals surface area (Å²) in [5, 5.41) is 23.7. The van der Waals surface area contributed by atoms with E-state index >= 15 is 0 Å². The maximum absolute atomic E-state index is 11.7. The van der Waals surface area contributed by atoms with Crippen molar-refractivity contribution >= 4 is 17.7 Å². The SMILES string of the molecule is Cc1ccnc2nc(C(=O)NCC(O)C(=O)O)nn12. The summed E-state index contributed by atoms with van der Waals surface area (Å²) in [6.45, 7) is 1.36. The Morgan fingerprint density at radius 3 is 2.89 bits per heavy atom. The molecule has 1 amide bonds. The van der Waals surface area contributed by atoms with Crippen molar-refractivity contribution in [1.29, 1.82) is 0 Å². The van der Waals surface area contributed by atoms with Crippen LogP contribution in [0.15, 0.2) is 12.3 Å². The lowest BCUT2D eigenvalue weighted by Gasteiger charge is -2.05. The Labute approximate surface area is 106 Å². The van der Waals surface area contributed by atoms with Gasteiger partial charge in [-0.25, -0.2) is 14.3 Å². The summed E-state index contributed by atoms with van der Waals surface area (Å²) in [6, 6.07) is 1.71. The average Bonchev–Trinajstić information content (AvgIpc) is 2.80. The fraction of sp³-hybridized carbons (Fsp3) is 0.300. The Bertz CT molecular complexity index is 638. The molecule has 2 heterocycles. The van der Waals surface area contributed by atoms with Crippen LogP contribution in [0.5, 0.6) is 0 Å². The van der Waals surface area contributed by atoms with Crippen LogP contribution in [-0.2, 0) is 4.79 Å². The van der Waals surface area contributed by atoms with Crippen LogP contribution in [0.1, 0.15) is 16.3 Å². The monoisotopic (exact) mass is 265 g/mol. The van der Waals surface area contributed by atoms with Crippen molar-refractivity contribution in [1.82, 2.24) is 24.9 Å². The van der Waals surface area contributed by atoms with E-state index in [1.807, 2.05) is 0 Å². The van der Waals surface area contributed by atoms with Gasteiger partial charge in [0.05, 0.1) is 6.54 Å². The van der Waals surface area contributed by atoms with E-state index < -0.39 is 24.5 Å². The van der Waals surface area contributed by atoms with E-state index in [1.54, 1.807) is 13.0 Å². The van der Waals surface area contributed by atoms with Crippen molar-refractivity contribution in [2.75, 3.05) is 6.54 Å². The van der Waals surface area contributed by atoms with Crippen molar-refractivity contribution in [3.8, 4) is 0 Å². The molecule has 0 saturated carbocycles. The Morgan fingerprint density at radius 1 is 1.53 bits per heavy atom. The van der Waals surface area contributed by atoms with Gasteiger partial charge in [0.15, 0.2) is 6.10 Å². The zero-order valence-corrected chi connectivity index (χ0v) is 9.94. The second kappa shape index (κ2) is 4.98. The molecule has 0 spiro atoms. The summed E-state index contributed by atoms with van der Waals surface area (Å²) >= 11 is 0. The van der Waals surface area contributed by atoms with Gasteiger partial charge in [-0.3, -0.25) is 4.79 Å². The van der Waals surface area contributed by atoms with Crippen molar-refractivity contribution < 1.29 is 19.8 Å². The smallest absolute Gasteiger partial charge is 0.334 e. The van der Waals surface area contributed by atoms with Crippen molar-refractivity contribution in [2.45, 2.75) is 13.0 Å². The van der Waals surface area contributed by atoms with E-state index in [2.05, 4.69) is 20.4 Å². The van der Waals surface area contributed by atoms with Crippen LogP contribution in [0.3, 0.4) is 0 Å². The normalized spacial score (nSPS) is 12.3. The largest absolute Gasteiger partial charge is 0.479 e. The molecule has 0 aliphatic rings. The first-order valence-electron chi connectivity index (χ1n) is 5.36. The van der Waals surface area contributed by atoms with Gasteiger partial charge in [0, 0.05) is 11.9 Å². The van der Waals surface area contributed by atoms with E-state index in [9.17, 15) is 9.59 Å². The quantitative estimate of drug-likeness (QED) is 0.620. The molecule has 0 saturated heterocycles. The van der Waals surface area contributed by atoms with Crippen LogP contribution in [0.25, 0.3) is 5.78 Å². The molecule has 9 heteroatoms. The molecule has 0 aliphatic carbocycles. The van der Waals surface area contributed by atoms with Gasteiger partial charge >= 0.3 is 5.97 Å². The number of nitrogens with zero attached hydrogens (tertiary/aromatic N) is 4. The summed E-state index contributed by atoms with van der Waals surface area (Å²) in [5.74, 6) is -1.96. The zero-order chi connectivity index (χ0) is 14.0. The fourth-order valence-electron chi connectivity index (χ4n) is 1.36. The number of fused-ring (bicyclic) bond motifs is 1. The predicted octanol–water partition coefficient (Wildman–Crippen LogP) is -1.39. The summed E-state index contributed by atoms with van der Waals surface area (Å²) in [5.41, 5.74) is 0.752. The molecule has 2 aromatic rings. The highest BCUT2D eigenvalue weighted by Crippen LogP contribution is 2.01. The van der Waals surface area contributed by atoms with Crippen LogP contribution in [0.4, 0.5) is 0 Å². The third-order valence-electron chi connectivity index (χ3n) is 2.37. The summed E-state index contributed by atoms with van der Waals surface area (Å²) in [6.07, 6.45) is -0.129. The van der Waals surface area contributed by atoms with Gasteiger partial charge in [0.25, 0.3) is 11.7 Å². The average molecular weight is 265 g/mol. The van der Waals surface area contributed by atoms with Crippen molar-refractivity contribution in [3.63, 3.8) is 0 Å². The fourth-order valence-corrected chi connectivity index (χ4v) is 1.36. The van der Waals surface area contributed by atoms with Crippen LogP contribution in [0.2, 0.25) is 0 Å². The highest BCUT2D eigenvalue weighted by molar-refractivity contribution is 5.91. The number of aryl methyl sites for hydroxylation is 1. The second-order valence-corrected chi connectivity index (χ2v) is 3.80. The van der Waals surface area contributed by atoms with Gasteiger partial charge in [-0.05, 0) is 13.0 Å². The van der Waals surface area contributed by atoms with E-state index in [-0.39, 0.29) is 11.6 Å². The third-order valence-corrected chi connectivity index (χ3v) is 2.37. The van der Waals surface area contributed by atoms with Gasteiger partial charge in [-0.1, -0.05) is 0 Å². The first kappa shape index (κ1) is 12.9. The molecular formula is C10H11N5O4. The minimum Gasteiger partial charge on any atom is -0.479 e. The molecule has 19 heavy (non-hydrogen) atoms. The minimum absolute atomic E-state index is 0.139. The van der Waals surface area contributed by atoms with Crippen LogP contribution in [-0.4, -0.2) is 54.3 Å². The standard InChI is InChI=1S/C10H11N5O4/c1-5-2-3-11-10-13-7(14-15(5)10)8(17)12-4-6(16)9(18)19/h2-3,6,16H,4H2,1H3,(H,12,17)(H,18,19). The minimum atomic E-state index is -1.67. The van der Waals surface area contributed by atoms with Gasteiger partial charge < -0.3 is 15.5 Å². The third kappa shape index (κ3) is 2.65. The molecule has 0 aromatic carbocycles. The van der Waals surface area contributed by atoms with Crippen LogP contribution < -0.4 is 5.32 Å². The zero-order valence-electron chi connectivity index (χ0n) is 9.94. The number of aromatic nitrogens is 4. The van der Waals surface area contributed by atoms with E-state index in [4.69, 9.17) is 10.2 Å². The molecule has 0 fully saturated rings. The van der Waals surface area contributed by atoms with E-state index in [1.165, 1.54) is 10.7 Å². The number of carbonyl (C=O) groups is 2.